The van der Waals surface area contributed by atoms with Gasteiger partial charge in [0.15, 0.2) is 5.71 Å². The molecule has 31 heavy (non-hydrogen) atoms. The van der Waals surface area contributed by atoms with Gasteiger partial charge in [-0.25, -0.2) is 4.79 Å². The van der Waals surface area contributed by atoms with Gasteiger partial charge in [-0.2, -0.15) is 0 Å². The third kappa shape index (κ3) is 2.98. The van der Waals surface area contributed by atoms with Crippen LogP contribution in [0.2, 0.25) is 0 Å². The lowest BCUT2D eigenvalue weighted by atomic mass is 9.45. The molecule has 3 fully saturated rings. The third-order valence-corrected chi connectivity index (χ3v) is 9.15. The Balaban J connectivity index is 1.71. The molecular formula is C23H34N2O6. The van der Waals surface area contributed by atoms with Crippen LogP contribution in [-0.2, 0) is 9.53 Å². The van der Waals surface area contributed by atoms with Gasteiger partial charge in [0.2, 0.25) is 0 Å². The lowest BCUT2D eigenvalue weighted by molar-refractivity contribution is -0.156. The van der Waals surface area contributed by atoms with E-state index in [0.29, 0.717) is 31.4 Å². The Morgan fingerprint density at radius 1 is 1.23 bits per heavy atom. The van der Waals surface area contributed by atoms with E-state index in [1.807, 2.05) is 13.0 Å². The highest BCUT2D eigenvalue weighted by atomic mass is 16.5. The van der Waals surface area contributed by atoms with Crippen LogP contribution in [0.15, 0.2) is 22.0 Å². The Morgan fingerprint density at radius 2 is 1.97 bits per heavy atom. The summed E-state index contributed by atoms with van der Waals surface area (Å²) in [6, 6.07) is 0. The van der Waals surface area contributed by atoms with Crippen LogP contribution in [0, 0.1) is 28.6 Å². The maximum absolute atomic E-state index is 12.5. The van der Waals surface area contributed by atoms with Crippen LogP contribution < -0.4 is 0 Å². The molecule has 0 aromatic heterocycles. The predicted octanol–water partition coefficient (Wildman–Crippen LogP) is 2.87. The van der Waals surface area contributed by atoms with E-state index >= 15 is 0 Å². The van der Waals surface area contributed by atoms with Crippen LogP contribution in [0.4, 0.5) is 0 Å². The second kappa shape index (κ2) is 7.59. The van der Waals surface area contributed by atoms with Gasteiger partial charge in [0, 0.05) is 5.41 Å². The first kappa shape index (κ1) is 22.3. The molecule has 0 saturated heterocycles. The van der Waals surface area contributed by atoms with Crippen molar-refractivity contribution in [3.05, 3.63) is 11.6 Å². The number of carbonyl (C=O) groups is 1. The third-order valence-electron chi connectivity index (χ3n) is 9.15. The van der Waals surface area contributed by atoms with Crippen molar-refractivity contribution in [3.63, 3.8) is 0 Å². The summed E-state index contributed by atoms with van der Waals surface area (Å²) in [4.78, 5) is 12.5. The van der Waals surface area contributed by atoms with Crippen LogP contribution in [0.1, 0.15) is 65.7 Å². The number of nitrogens with zero attached hydrogens (tertiary/aromatic N) is 2. The smallest absolute Gasteiger partial charge is 0.359 e. The predicted molar refractivity (Wildman–Crippen MR) is 113 cm³/mol. The van der Waals surface area contributed by atoms with Gasteiger partial charge < -0.3 is 25.4 Å². The molecule has 0 unspecified atom stereocenters. The fourth-order valence-corrected chi connectivity index (χ4v) is 7.66. The van der Waals surface area contributed by atoms with E-state index in [1.54, 1.807) is 6.92 Å². The number of esters is 1. The number of hydrogen-bond donors (Lipinski definition) is 4. The van der Waals surface area contributed by atoms with Gasteiger partial charge in [-0.1, -0.05) is 29.7 Å². The van der Waals surface area contributed by atoms with Gasteiger partial charge in [0.05, 0.1) is 18.4 Å². The van der Waals surface area contributed by atoms with Crippen LogP contribution in [-0.4, -0.2) is 56.3 Å². The Morgan fingerprint density at radius 3 is 2.61 bits per heavy atom. The highest BCUT2D eigenvalue weighted by molar-refractivity contribution is 6.39. The monoisotopic (exact) mass is 434 g/mol. The molecular weight excluding hydrogens is 400 g/mol. The summed E-state index contributed by atoms with van der Waals surface area (Å²) in [6.45, 7) is 5.90. The normalized spacial score (nSPS) is 46.0. The van der Waals surface area contributed by atoms with Gasteiger partial charge in [-0.15, -0.1) is 0 Å². The maximum atomic E-state index is 12.5. The molecule has 0 aromatic carbocycles. The summed E-state index contributed by atoms with van der Waals surface area (Å²) in [6.07, 6.45) is 5.83. The lowest BCUT2D eigenvalue weighted by Crippen LogP contribution is -2.62. The molecule has 172 valence electrons. The summed E-state index contributed by atoms with van der Waals surface area (Å²) in [7, 11) is 0. The SMILES string of the molecule is CCOC(=O)/C(=N/O)[C@@]1(O)CC[C@H]2[C@@H]3CCC4=CC(=NO)CC[C@]4(C)[C@H]3[C@@H](O)C[C@@]21C. The van der Waals surface area contributed by atoms with Crippen LogP contribution in [0.25, 0.3) is 0 Å². The number of aliphatic hydroxyl groups excluding tert-OH is 1. The molecule has 4 rings (SSSR count). The highest BCUT2D eigenvalue weighted by Gasteiger charge is 2.68. The zero-order chi connectivity index (χ0) is 22.6. The highest BCUT2D eigenvalue weighted by Crippen LogP contribution is 2.67. The fourth-order valence-electron chi connectivity index (χ4n) is 7.66. The Labute approximate surface area is 182 Å². The van der Waals surface area contributed by atoms with Crippen LogP contribution in [0.5, 0.6) is 0 Å². The Bertz CT molecular complexity index is 853. The molecule has 0 aliphatic heterocycles. The van der Waals surface area contributed by atoms with E-state index in [0.717, 1.165) is 19.3 Å². The largest absolute Gasteiger partial charge is 0.461 e. The van der Waals surface area contributed by atoms with Crippen molar-refractivity contribution in [2.75, 3.05) is 6.61 Å². The number of hydrogen-bond acceptors (Lipinski definition) is 8. The molecule has 4 N–H and O–H groups in total. The maximum Gasteiger partial charge on any atom is 0.359 e. The molecule has 3 saturated carbocycles. The van der Waals surface area contributed by atoms with Gasteiger partial charge in [0.1, 0.15) is 5.60 Å². The first-order valence-electron chi connectivity index (χ1n) is 11.4. The van der Waals surface area contributed by atoms with Crippen molar-refractivity contribution in [2.24, 2.45) is 38.9 Å². The van der Waals surface area contributed by atoms with Crippen molar-refractivity contribution in [3.8, 4) is 0 Å². The van der Waals surface area contributed by atoms with Crippen molar-refractivity contribution < 1.29 is 30.2 Å². The zero-order valence-electron chi connectivity index (χ0n) is 18.5. The van der Waals surface area contributed by atoms with E-state index in [4.69, 9.17) is 4.74 Å². The molecule has 8 nitrogen and oxygen atoms in total. The zero-order valence-corrected chi connectivity index (χ0v) is 18.5. The second-order valence-electron chi connectivity index (χ2n) is 10.3. The summed E-state index contributed by atoms with van der Waals surface area (Å²) in [5, 5.41) is 48.6. The summed E-state index contributed by atoms with van der Waals surface area (Å²) in [5.74, 6) is -0.511. The topological polar surface area (TPSA) is 132 Å². The van der Waals surface area contributed by atoms with Gasteiger partial charge >= 0.3 is 5.97 Å². The van der Waals surface area contributed by atoms with Crippen molar-refractivity contribution in [1.29, 1.82) is 0 Å². The fraction of sp³-hybridized carbons (Fsp3) is 0.783. The number of fused-ring (bicyclic) bond motifs is 5. The minimum absolute atomic E-state index is 0.0327. The lowest BCUT2D eigenvalue weighted by Gasteiger charge is -2.60. The average Bonchev–Trinajstić information content (AvgIpc) is 2.98. The number of carbonyl (C=O) groups excluding carboxylic acids is 1. The van der Waals surface area contributed by atoms with Crippen LogP contribution in [0.3, 0.4) is 0 Å². The first-order chi connectivity index (χ1) is 14.7. The van der Waals surface area contributed by atoms with Crippen molar-refractivity contribution >= 4 is 17.4 Å². The van der Waals surface area contributed by atoms with E-state index in [2.05, 4.69) is 17.2 Å². The molecule has 4 aliphatic rings. The molecule has 0 aromatic rings. The van der Waals surface area contributed by atoms with Gasteiger partial charge in [-0.05, 0) is 81.1 Å². The number of ether oxygens (including phenoxy) is 1. The first-order valence-corrected chi connectivity index (χ1v) is 11.4. The number of rotatable bonds is 3. The number of aliphatic hydroxyl groups is 2. The standard InChI is InChI=1S/C23H34N2O6/c1-4-31-20(27)19(25-30)23(28)10-8-16-15-6-5-13-11-14(24-29)7-9-21(13,2)18(15)17(26)12-22(16,23)3/h11,15-18,26,28-30H,4-10,12H2,1-3H3/b24-14?,25-19-/t15-,16-,17-,18+,21-,22-,23-/m0/s1. The van der Waals surface area contributed by atoms with Gasteiger partial charge in [-0.3, -0.25) is 0 Å². The molecule has 4 aliphatic carbocycles. The van der Waals surface area contributed by atoms with E-state index < -0.39 is 23.1 Å². The quantitative estimate of drug-likeness (QED) is 0.234. The summed E-state index contributed by atoms with van der Waals surface area (Å²) in [5.41, 5.74) is -1.07. The minimum atomic E-state index is -1.65. The Hall–Kier alpha value is -1.93. The molecule has 0 spiro atoms. The van der Waals surface area contributed by atoms with E-state index in [1.165, 1.54) is 5.57 Å². The number of oxime groups is 2. The van der Waals surface area contributed by atoms with Crippen molar-refractivity contribution in [1.82, 2.24) is 0 Å². The van der Waals surface area contributed by atoms with Gasteiger partial charge in [0.25, 0.3) is 0 Å². The minimum Gasteiger partial charge on any atom is -0.461 e. The van der Waals surface area contributed by atoms with E-state index in [-0.39, 0.29) is 35.5 Å². The molecule has 7 atom stereocenters. The van der Waals surface area contributed by atoms with Crippen molar-refractivity contribution in [2.45, 2.75) is 77.4 Å². The molecule has 0 amide bonds. The molecule has 0 heterocycles. The van der Waals surface area contributed by atoms with Crippen LogP contribution >= 0.6 is 0 Å². The Kier molecular flexibility index (Phi) is 5.45. The second-order valence-corrected chi connectivity index (χ2v) is 10.3. The summed E-state index contributed by atoms with van der Waals surface area (Å²) < 4.78 is 5.05. The molecule has 8 heteroatoms. The number of allylic oxidation sites excluding steroid dienone is 2. The molecule has 0 radical (unpaired) electrons. The average molecular weight is 435 g/mol. The molecule has 0 bridgehead atoms. The van der Waals surface area contributed by atoms with E-state index in [9.17, 15) is 25.4 Å². The summed E-state index contributed by atoms with van der Waals surface area (Å²) >= 11 is 0.